The molecule has 0 spiro atoms. The number of nitrogens with zero attached hydrogens (tertiary/aromatic N) is 1. The Morgan fingerprint density at radius 2 is 2.31 bits per heavy atom. The number of hydrogen-bond donors (Lipinski definition) is 0. The highest BCUT2D eigenvalue weighted by Gasteiger charge is 2.06. The number of benzene rings is 1. The molecule has 0 bridgehead atoms. The molecule has 1 aromatic carbocycles. The van der Waals surface area contributed by atoms with Crippen LogP contribution in [0, 0.1) is 5.82 Å². The summed E-state index contributed by atoms with van der Waals surface area (Å²) < 4.78 is 12.9. The fourth-order valence-corrected chi connectivity index (χ4v) is 2.24. The van der Waals surface area contributed by atoms with Crippen LogP contribution in [0.3, 0.4) is 0 Å². The lowest BCUT2D eigenvalue weighted by molar-refractivity contribution is 0.101. The van der Waals surface area contributed by atoms with Crippen LogP contribution < -0.4 is 0 Å². The van der Waals surface area contributed by atoms with E-state index in [0.717, 1.165) is 10.6 Å². The minimum atomic E-state index is -0.249. The molecule has 0 atom stereocenters. The second kappa shape index (κ2) is 4.53. The zero-order chi connectivity index (χ0) is 11.5. The highest BCUT2D eigenvalue weighted by molar-refractivity contribution is 7.09. The van der Waals surface area contributed by atoms with E-state index in [4.69, 9.17) is 0 Å². The SMILES string of the molecule is CC(=O)c1csc(Cc2cccc(F)c2)n1. The minimum Gasteiger partial charge on any atom is -0.293 e. The number of carbonyl (C=O) groups is 1. The van der Waals surface area contributed by atoms with E-state index in [9.17, 15) is 9.18 Å². The van der Waals surface area contributed by atoms with Gasteiger partial charge in [0.15, 0.2) is 5.78 Å². The number of carbonyl (C=O) groups excluding carboxylic acids is 1. The monoisotopic (exact) mass is 235 g/mol. The molecule has 2 aromatic rings. The first-order valence-electron chi connectivity index (χ1n) is 4.85. The predicted molar refractivity (Wildman–Crippen MR) is 61.3 cm³/mol. The van der Waals surface area contributed by atoms with Crippen LogP contribution in [-0.4, -0.2) is 10.8 Å². The Kier molecular flexibility index (Phi) is 3.10. The Hall–Kier alpha value is -1.55. The lowest BCUT2D eigenvalue weighted by Gasteiger charge is -1.97. The largest absolute Gasteiger partial charge is 0.293 e. The zero-order valence-corrected chi connectivity index (χ0v) is 9.55. The third-order valence-electron chi connectivity index (χ3n) is 2.16. The first kappa shape index (κ1) is 11.0. The van der Waals surface area contributed by atoms with Gasteiger partial charge in [0, 0.05) is 18.7 Å². The van der Waals surface area contributed by atoms with E-state index in [1.807, 2.05) is 6.07 Å². The Morgan fingerprint density at radius 3 is 2.94 bits per heavy atom. The van der Waals surface area contributed by atoms with Crippen molar-refractivity contribution >= 4 is 17.1 Å². The minimum absolute atomic E-state index is 0.0401. The van der Waals surface area contributed by atoms with Gasteiger partial charge in [0.05, 0.1) is 5.01 Å². The topological polar surface area (TPSA) is 30.0 Å². The molecule has 0 saturated carbocycles. The molecule has 4 heteroatoms. The summed E-state index contributed by atoms with van der Waals surface area (Å²) in [7, 11) is 0. The summed E-state index contributed by atoms with van der Waals surface area (Å²) in [6.07, 6.45) is 0.565. The van der Waals surface area contributed by atoms with Crippen LogP contribution in [-0.2, 0) is 6.42 Å². The van der Waals surface area contributed by atoms with Crippen molar-refractivity contribution in [3.63, 3.8) is 0 Å². The molecule has 0 radical (unpaired) electrons. The molecule has 82 valence electrons. The Bertz CT molecular complexity index is 521. The smallest absolute Gasteiger partial charge is 0.178 e. The summed E-state index contributed by atoms with van der Waals surface area (Å²) in [4.78, 5) is 15.2. The molecule has 0 fully saturated rings. The van der Waals surface area contributed by atoms with Crippen molar-refractivity contribution in [3.8, 4) is 0 Å². The van der Waals surface area contributed by atoms with Crippen LogP contribution in [0.1, 0.15) is 28.0 Å². The van der Waals surface area contributed by atoms with E-state index in [2.05, 4.69) is 4.98 Å². The summed E-state index contributed by atoms with van der Waals surface area (Å²) in [6, 6.07) is 6.41. The maximum absolute atomic E-state index is 12.9. The third kappa shape index (κ3) is 2.52. The number of Topliss-reactive ketones (excluding diaryl/α,β-unsaturated/α-hetero) is 1. The van der Waals surface area contributed by atoms with E-state index in [1.54, 1.807) is 11.4 Å². The molecule has 0 aliphatic carbocycles. The average molecular weight is 235 g/mol. The lowest BCUT2D eigenvalue weighted by Crippen LogP contribution is -1.93. The maximum Gasteiger partial charge on any atom is 0.178 e. The fraction of sp³-hybridized carbons (Fsp3) is 0.167. The molecule has 1 aromatic heterocycles. The standard InChI is InChI=1S/C12H10FNOS/c1-8(15)11-7-16-12(14-11)6-9-3-2-4-10(13)5-9/h2-5,7H,6H2,1H3. The highest BCUT2D eigenvalue weighted by Crippen LogP contribution is 2.15. The van der Waals surface area contributed by atoms with Crippen LogP contribution in [0.4, 0.5) is 4.39 Å². The van der Waals surface area contributed by atoms with Crippen molar-refractivity contribution in [1.29, 1.82) is 0 Å². The Morgan fingerprint density at radius 1 is 1.50 bits per heavy atom. The molecular weight excluding hydrogens is 225 g/mol. The molecule has 0 N–H and O–H groups in total. The van der Waals surface area contributed by atoms with Gasteiger partial charge in [-0.15, -0.1) is 11.3 Å². The summed E-state index contributed by atoms with van der Waals surface area (Å²) in [6.45, 7) is 1.49. The van der Waals surface area contributed by atoms with Gasteiger partial charge >= 0.3 is 0 Å². The van der Waals surface area contributed by atoms with Gasteiger partial charge in [-0.25, -0.2) is 9.37 Å². The van der Waals surface area contributed by atoms with Crippen molar-refractivity contribution in [1.82, 2.24) is 4.98 Å². The molecule has 1 heterocycles. The van der Waals surface area contributed by atoms with Gasteiger partial charge in [-0.3, -0.25) is 4.79 Å². The molecule has 2 rings (SSSR count). The number of hydrogen-bond acceptors (Lipinski definition) is 3. The van der Waals surface area contributed by atoms with Crippen molar-refractivity contribution in [2.24, 2.45) is 0 Å². The molecule has 2 nitrogen and oxygen atoms in total. The van der Waals surface area contributed by atoms with E-state index in [0.29, 0.717) is 12.1 Å². The van der Waals surface area contributed by atoms with Gasteiger partial charge in [-0.1, -0.05) is 12.1 Å². The molecule has 0 saturated heterocycles. The molecule has 16 heavy (non-hydrogen) atoms. The van der Waals surface area contributed by atoms with Crippen molar-refractivity contribution in [3.05, 3.63) is 51.7 Å². The lowest BCUT2D eigenvalue weighted by atomic mass is 10.1. The second-order valence-corrected chi connectivity index (χ2v) is 4.43. The van der Waals surface area contributed by atoms with E-state index in [-0.39, 0.29) is 11.6 Å². The first-order chi connectivity index (χ1) is 7.65. The van der Waals surface area contributed by atoms with Crippen LogP contribution in [0.5, 0.6) is 0 Å². The van der Waals surface area contributed by atoms with Gasteiger partial charge < -0.3 is 0 Å². The summed E-state index contributed by atoms with van der Waals surface area (Å²) >= 11 is 1.42. The third-order valence-corrected chi connectivity index (χ3v) is 3.01. The summed E-state index contributed by atoms with van der Waals surface area (Å²) in [5.41, 5.74) is 1.35. The average Bonchev–Trinajstić information content (AvgIpc) is 2.66. The zero-order valence-electron chi connectivity index (χ0n) is 8.74. The first-order valence-corrected chi connectivity index (χ1v) is 5.73. The predicted octanol–water partition coefficient (Wildman–Crippen LogP) is 3.08. The Balaban J connectivity index is 2.17. The highest BCUT2D eigenvalue weighted by atomic mass is 32.1. The van der Waals surface area contributed by atoms with Crippen LogP contribution >= 0.6 is 11.3 Å². The molecular formula is C12H10FNOS. The van der Waals surface area contributed by atoms with Gasteiger partial charge in [0.1, 0.15) is 11.5 Å². The number of ketones is 1. The summed E-state index contributed by atoms with van der Waals surface area (Å²) in [5.74, 6) is -0.289. The summed E-state index contributed by atoms with van der Waals surface area (Å²) in [5, 5.41) is 2.56. The molecule has 0 amide bonds. The van der Waals surface area contributed by atoms with E-state index < -0.39 is 0 Å². The normalized spacial score (nSPS) is 10.4. The fourth-order valence-electron chi connectivity index (χ4n) is 1.38. The maximum atomic E-state index is 12.9. The van der Waals surface area contributed by atoms with Crippen LogP contribution in [0.15, 0.2) is 29.6 Å². The van der Waals surface area contributed by atoms with Gasteiger partial charge in [-0.2, -0.15) is 0 Å². The van der Waals surface area contributed by atoms with Crippen LogP contribution in [0.2, 0.25) is 0 Å². The van der Waals surface area contributed by atoms with Crippen molar-refractivity contribution in [2.45, 2.75) is 13.3 Å². The number of aromatic nitrogens is 1. The molecule has 0 aliphatic rings. The van der Waals surface area contributed by atoms with Gasteiger partial charge in [0.25, 0.3) is 0 Å². The molecule has 0 aliphatic heterocycles. The van der Waals surface area contributed by atoms with E-state index in [1.165, 1.54) is 30.4 Å². The van der Waals surface area contributed by atoms with Crippen LogP contribution in [0.25, 0.3) is 0 Å². The number of rotatable bonds is 3. The molecule has 0 unspecified atom stereocenters. The van der Waals surface area contributed by atoms with Crippen molar-refractivity contribution in [2.75, 3.05) is 0 Å². The van der Waals surface area contributed by atoms with Gasteiger partial charge in [-0.05, 0) is 17.7 Å². The second-order valence-electron chi connectivity index (χ2n) is 3.49. The number of halogens is 1. The van der Waals surface area contributed by atoms with E-state index >= 15 is 0 Å². The van der Waals surface area contributed by atoms with Crippen molar-refractivity contribution < 1.29 is 9.18 Å². The van der Waals surface area contributed by atoms with Gasteiger partial charge in [0.2, 0.25) is 0 Å². The quantitative estimate of drug-likeness (QED) is 0.765. The number of thiazole rings is 1. The Labute approximate surface area is 96.8 Å².